The Morgan fingerprint density at radius 3 is 2.52 bits per heavy atom. The molecule has 0 unspecified atom stereocenters. The maximum Gasteiger partial charge on any atom is 0.254 e. The third kappa shape index (κ3) is 3.88. The number of nitrogens with one attached hydrogen (secondary N) is 2. The van der Waals surface area contributed by atoms with E-state index in [0.29, 0.717) is 17.3 Å². The fourth-order valence-electron chi connectivity index (χ4n) is 4.28. The van der Waals surface area contributed by atoms with E-state index in [1.54, 1.807) is 16.8 Å². The van der Waals surface area contributed by atoms with E-state index in [1.807, 2.05) is 24.4 Å². The minimum absolute atomic E-state index is 0.0819. The van der Waals surface area contributed by atoms with Gasteiger partial charge < -0.3 is 15.1 Å². The molecule has 33 heavy (non-hydrogen) atoms. The summed E-state index contributed by atoms with van der Waals surface area (Å²) in [6.45, 7) is 3.36. The molecule has 5 heterocycles. The van der Waals surface area contributed by atoms with E-state index in [2.05, 4.69) is 36.6 Å². The minimum atomic E-state index is -0.350. The highest BCUT2D eigenvalue weighted by Gasteiger charge is 2.27. The molecule has 6 rings (SSSR count). The number of pyridine rings is 1. The third-order valence-corrected chi connectivity index (χ3v) is 6.22. The number of aromatic nitrogens is 4. The normalized spacial score (nSPS) is 20.1. The molecule has 3 aromatic heterocycles. The van der Waals surface area contributed by atoms with Crippen molar-refractivity contribution < 1.29 is 9.59 Å². The van der Waals surface area contributed by atoms with E-state index >= 15 is 0 Å². The maximum atomic E-state index is 12.1. The molecule has 3 fully saturated rings. The largest absolute Gasteiger partial charge is 0.367 e. The van der Waals surface area contributed by atoms with Gasteiger partial charge >= 0.3 is 0 Å². The predicted octanol–water partition coefficient (Wildman–Crippen LogP) is 1.46. The summed E-state index contributed by atoms with van der Waals surface area (Å²) in [4.78, 5) is 37.6. The van der Waals surface area contributed by atoms with Crippen LogP contribution in [0.5, 0.6) is 0 Å². The summed E-state index contributed by atoms with van der Waals surface area (Å²) in [6, 6.07) is 8.48. The number of carbonyl (C=O) groups excluding carboxylic acids is 2. The molecular formula is C23H24N8O2. The van der Waals surface area contributed by atoms with Crippen molar-refractivity contribution in [2.75, 3.05) is 41.3 Å². The Labute approximate surface area is 190 Å². The number of imide groups is 1. The first-order chi connectivity index (χ1) is 16.1. The Morgan fingerprint density at radius 1 is 1.06 bits per heavy atom. The fourth-order valence-corrected chi connectivity index (χ4v) is 4.28. The SMILES string of the molecule is O=C1CC(=Cc2cnn3c(NC4CC4)cc(N4CCN(c5ccccn5)CC4)nc23)C(=O)N1. The zero-order valence-electron chi connectivity index (χ0n) is 18.1. The van der Waals surface area contributed by atoms with Crippen molar-refractivity contribution in [3.8, 4) is 0 Å². The quantitative estimate of drug-likeness (QED) is 0.450. The molecule has 3 aliphatic rings. The monoisotopic (exact) mass is 444 g/mol. The molecule has 2 saturated heterocycles. The molecule has 168 valence electrons. The first-order valence-electron chi connectivity index (χ1n) is 11.2. The summed E-state index contributed by atoms with van der Waals surface area (Å²) in [5.74, 6) is 2.13. The standard InChI is InChI=1S/C23H24N8O2/c32-21-12-15(23(33)28-21)11-16-14-25-31-20(26-17-4-5-17)13-19(27-22(16)31)30-9-7-29(8-10-30)18-3-1-2-6-24-18/h1-3,6,11,13-14,17,26H,4-5,7-10,12H2,(H,28,32,33). The van der Waals surface area contributed by atoms with E-state index in [1.165, 1.54) is 0 Å². The third-order valence-electron chi connectivity index (χ3n) is 6.22. The lowest BCUT2D eigenvalue weighted by Crippen LogP contribution is -2.47. The molecule has 2 aliphatic heterocycles. The molecule has 1 saturated carbocycles. The van der Waals surface area contributed by atoms with E-state index in [0.717, 1.165) is 62.0 Å². The number of hydrogen-bond acceptors (Lipinski definition) is 8. The summed E-state index contributed by atoms with van der Waals surface area (Å²) in [7, 11) is 0. The predicted molar refractivity (Wildman–Crippen MR) is 124 cm³/mol. The number of fused-ring (bicyclic) bond motifs is 1. The Balaban J connectivity index is 1.32. The molecule has 3 aromatic rings. The van der Waals surface area contributed by atoms with E-state index in [9.17, 15) is 9.59 Å². The molecule has 2 amide bonds. The minimum Gasteiger partial charge on any atom is -0.367 e. The maximum absolute atomic E-state index is 12.1. The lowest BCUT2D eigenvalue weighted by atomic mass is 10.1. The van der Waals surface area contributed by atoms with Crippen LogP contribution in [0, 0.1) is 0 Å². The average Bonchev–Trinajstić information content (AvgIpc) is 3.47. The van der Waals surface area contributed by atoms with Crippen LogP contribution in [0.15, 0.2) is 42.2 Å². The van der Waals surface area contributed by atoms with Gasteiger partial charge in [0.25, 0.3) is 5.91 Å². The summed E-state index contributed by atoms with van der Waals surface area (Å²) >= 11 is 0. The Kier molecular flexibility index (Phi) is 4.70. The summed E-state index contributed by atoms with van der Waals surface area (Å²) in [5.41, 5.74) is 1.83. The second-order valence-corrected chi connectivity index (χ2v) is 8.64. The lowest BCUT2D eigenvalue weighted by molar-refractivity contribution is -0.124. The van der Waals surface area contributed by atoms with Crippen LogP contribution >= 0.6 is 0 Å². The van der Waals surface area contributed by atoms with Gasteiger partial charge in [-0.1, -0.05) is 6.07 Å². The van der Waals surface area contributed by atoms with Crippen LogP contribution in [-0.2, 0) is 9.59 Å². The molecule has 10 nitrogen and oxygen atoms in total. The number of anilines is 3. The first kappa shape index (κ1) is 19.7. The van der Waals surface area contributed by atoms with Gasteiger partial charge in [0.2, 0.25) is 5.91 Å². The van der Waals surface area contributed by atoms with Crippen LogP contribution in [-0.4, -0.2) is 63.6 Å². The van der Waals surface area contributed by atoms with Crippen molar-refractivity contribution in [1.82, 2.24) is 24.9 Å². The van der Waals surface area contributed by atoms with Gasteiger partial charge in [0.15, 0.2) is 5.65 Å². The van der Waals surface area contributed by atoms with Crippen LogP contribution in [0.25, 0.3) is 11.7 Å². The van der Waals surface area contributed by atoms with Crippen molar-refractivity contribution in [3.05, 3.63) is 47.8 Å². The van der Waals surface area contributed by atoms with Crippen LogP contribution in [0.2, 0.25) is 0 Å². The number of carbonyl (C=O) groups is 2. The molecule has 1 aliphatic carbocycles. The van der Waals surface area contributed by atoms with Crippen LogP contribution in [0.1, 0.15) is 24.8 Å². The number of nitrogens with zero attached hydrogens (tertiary/aromatic N) is 6. The smallest absolute Gasteiger partial charge is 0.254 e. The van der Waals surface area contributed by atoms with Gasteiger partial charge in [0, 0.05) is 55.6 Å². The molecule has 0 bridgehead atoms. The van der Waals surface area contributed by atoms with Gasteiger partial charge in [-0.25, -0.2) is 9.97 Å². The second kappa shape index (κ2) is 7.88. The van der Waals surface area contributed by atoms with Crippen molar-refractivity contribution in [2.24, 2.45) is 0 Å². The highest BCUT2D eigenvalue weighted by molar-refractivity contribution is 6.15. The van der Waals surface area contributed by atoms with Gasteiger partial charge in [-0.3, -0.25) is 14.9 Å². The highest BCUT2D eigenvalue weighted by Crippen LogP contribution is 2.29. The number of hydrogen-bond donors (Lipinski definition) is 2. The van der Waals surface area contributed by atoms with Crippen molar-refractivity contribution >= 4 is 41.0 Å². The molecule has 0 aromatic carbocycles. The van der Waals surface area contributed by atoms with E-state index in [-0.39, 0.29) is 18.2 Å². The van der Waals surface area contributed by atoms with Gasteiger partial charge in [-0.05, 0) is 31.1 Å². The lowest BCUT2D eigenvalue weighted by Gasteiger charge is -2.36. The van der Waals surface area contributed by atoms with Crippen molar-refractivity contribution in [3.63, 3.8) is 0 Å². The summed E-state index contributed by atoms with van der Waals surface area (Å²) in [6.07, 6.45) is 7.61. The summed E-state index contributed by atoms with van der Waals surface area (Å²) < 4.78 is 1.78. The van der Waals surface area contributed by atoms with Gasteiger partial charge in [0.05, 0.1) is 12.6 Å². The van der Waals surface area contributed by atoms with Crippen LogP contribution in [0.3, 0.4) is 0 Å². The molecule has 10 heteroatoms. The molecular weight excluding hydrogens is 420 g/mol. The Hall–Kier alpha value is -3.95. The average molecular weight is 444 g/mol. The number of piperazine rings is 1. The van der Waals surface area contributed by atoms with E-state index < -0.39 is 0 Å². The fraction of sp³-hybridized carbons (Fsp3) is 0.348. The van der Waals surface area contributed by atoms with Gasteiger partial charge in [0.1, 0.15) is 17.5 Å². The summed E-state index contributed by atoms with van der Waals surface area (Å²) in [5, 5.41) is 10.4. The van der Waals surface area contributed by atoms with Crippen molar-refractivity contribution in [1.29, 1.82) is 0 Å². The second-order valence-electron chi connectivity index (χ2n) is 8.64. The van der Waals surface area contributed by atoms with Gasteiger partial charge in [-0.15, -0.1) is 0 Å². The molecule has 0 radical (unpaired) electrons. The highest BCUT2D eigenvalue weighted by atomic mass is 16.2. The molecule has 0 spiro atoms. The molecule has 0 atom stereocenters. The van der Waals surface area contributed by atoms with Crippen LogP contribution in [0.4, 0.5) is 17.5 Å². The zero-order valence-corrected chi connectivity index (χ0v) is 18.1. The van der Waals surface area contributed by atoms with Crippen LogP contribution < -0.4 is 20.4 Å². The van der Waals surface area contributed by atoms with Crippen molar-refractivity contribution in [2.45, 2.75) is 25.3 Å². The Morgan fingerprint density at radius 2 is 1.85 bits per heavy atom. The van der Waals surface area contributed by atoms with E-state index in [4.69, 9.17) is 4.98 Å². The first-order valence-corrected chi connectivity index (χ1v) is 11.2. The number of amides is 2. The Bertz CT molecular complexity index is 1260. The zero-order chi connectivity index (χ0) is 22.4. The topological polar surface area (TPSA) is 108 Å². The number of rotatable bonds is 5. The van der Waals surface area contributed by atoms with Gasteiger partial charge in [-0.2, -0.15) is 9.61 Å². The molecule has 2 N–H and O–H groups in total.